The van der Waals surface area contributed by atoms with Crippen LogP contribution in [0.15, 0.2) is 47.4 Å². The van der Waals surface area contributed by atoms with Crippen LogP contribution >= 0.6 is 34.4 Å². The Bertz CT molecular complexity index is 734. The predicted octanol–water partition coefficient (Wildman–Crippen LogP) is 4.23. The molecule has 0 aromatic heterocycles. The first-order chi connectivity index (χ1) is 11.0. The summed E-state index contributed by atoms with van der Waals surface area (Å²) < 4.78 is 6.55. The average molecular weight is 441 g/mol. The maximum absolute atomic E-state index is 12.3. The molecule has 0 radical (unpaired) electrons. The number of thioether (sulfide) groups is 1. The summed E-state index contributed by atoms with van der Waals surface area (Å²) in [6, 6.07) is 12.8. The summed E-state index contributed by atoms with van der Waals surface area (Å²) in [5.74, 6) is 0.456. The molecule has 0 unspecified atom stereocenters. The summed E-state index contributed by atoms with van der Waals surface area (Å²) in [6.45, 7) is 1.44. The molecule has 0 saturated carbocycles. The molecule has 120 valence electrons. The van der Waals surface area contributed by atoms with E-state index < -0.39 is 0 Å². The number of nitrogens with one attached hydrogen (secondary N) is 1. The lowest BCUT2D eigenvalue weighted by molar-refractivity contribution is -0.114. The molecule has 0 aliphatic heterocycles. The Hall–Kier alpha value is -1.54. The highest BCUT2D eigenvalue weighted by Gasteiger charge is 2.12. The van der Waals surface area contributed by atoms with Crippen molar-refractivity contribution in [2.24, 2.45) is 0 Å². The van der Waals surface area contributed by atoms with Crippen molar-refractivity contribution in [1.29, 1.82) is 0 Å². The Kier molecular flexibility index (Phi) is 6.47. The number of hydrogen-bond donors (Lipinski definition) is 1. The van der Waals surface area contributed by atoms with Gasteiger partial charge in [0, 0.05) is 17.4 Å². The lowest BCUT2D eigenvalue weighted by Gasteiger charge is -2.11. The van der Waals surface area contributed by atoms with Crippen molar-refractivity contribution in [2.45, 2.75) is 11.8 Å². The van der Waals surface area contributed by atoms with Gasteiger partial charge in [0.05, 0.1) is 9.26 Å². The summed E-state index contributed by atoms with van der Waals surface area (Å²) >= 11 is 3.65. The second kappa shape index (κ2) is 8.35. The zero-order valence-corrected chi connectivity index (χ0v) is 15.7. The van der Waals surface area contributed by atoms with Gasteiger partial charge in [-0.15, -0.1) is 11.8 Å². The lowest BCUT2D eigenvalue weighted by atomic mass is 10.1. The van der Waals surface area contributed by atoms with Gasteiger partial charge in [0.25, 0.3) is 0 Å². The van der Waals surface area contributed by atoms with Crippen LogP contribution in [0.3, 0.4) is 0 Å². The summed E-state index contributed by atoms with van der Waals surface area (Å²) in [4.78, 5) is 24.3. The third-order valence-electron chi connectivity index (χ3n) is 3.03. The minimum absolute atomic E-state index is 0.0205. The quantitative estimate of drug-likeness (QED) is 0.414. The number of amides is 1. The Labute approximate surface area is 153 Å². The predicted molar refractivity (Wildman–Crippen MR) is 102 cm³/mol. The van der Waals surface area contributed by atoms with E-state index >= 15 is 0 Å². The molecular weight excluding hydrogens is 425 g/mol. The van der Waals surface area contributed by atoms with Gasteiger partial charge < -0.3 is 10.1 Å². The molecule has 6 heteroatoms. The summed E-state index contributed by atoms with van der Waals surface area (Å²) in [7, 11) is 0. The number of carbonyl (C=O) groups is 2. The maximum atomic E-state index is 12.3. The summed E-state index contributed by atoms with van der Waals surface area (Å²) in [5, 5.41) is 2.75. The smallest absolute Gasteiger partial charge is 0.221 e. The van der Waals surface area contributed by atoms with Crippen molar-refractivity contribution in [3.8, 4) is 5.75 Å². The Morgan fingerprint density at radius 3 is 2.61 bits per heavy atom. The van der Waals surface area contributed by atoms with Gasteiger partial charge in [-0.05, 0) is 59.2 Å². The number of rotatable bonds is 6. The number of ether oxygens (including phenoxy) is 1. The number of benzene rings is 2. The van der Waals surface area contributed by atoms with Crippen LogP contribution in [0.2, 0.25) is 0 Å². The Morgan fingerprint density at radius 1 is 1.22 bits per heavy atom. The van der Waals surface area contributed by atoms with Gasteiger partial charge in [0.2, 0.25) is 5.91 Å². The largest absolute Gasteiger partial charge is 0.484 e. The van der Waals surface area contributed by atoms with Crippen LogP contribution in [0.25, 0.3) is 0 Å². The molecule has 0 aliphatic rings. The SMILES string of the molecule is CSc1cc(C(=O)COc2ccccc2I)ccc1NC(C)=O. The van der Waals surface area contributed by atoms with Crippen LogP contribution in [-0.2, 0) is 4.79 Å². The fourth-order valence-electron chi connectivity index (χ4n) is 1.95. The van der Waals surface area contributed by atoms with E-state index in [9.17, 15) is 9.59 Å². The standard InChI is InChI=1S/C17H16INO3S/c1-11(20)19-14-8-7-12(9-17(14)23-2)15(21)10-22-16-6-4-3-5-13(16)18/h3-9H,10H2,1-2H3,(H,19,20). The molecule has 1 N–H and O–H groups in total. The number of halogens is 1. The number of hydrogen-bond acceptors (Lipinski definition) is 4. The molecule has 0 spiro atoms. The number of para-hydroxylation sites is 1. The van der Waals surface area contributed by atoms with Crippen LogP contribution in [0.5, 0.6) is 5.75 Å². The van der Waals surface area contributed by atoms with Crippen molar-refractivity contribution in [3.05, 3.63) is 51.6 Å². The van der Waals surface area contributed by atoms with Crippen molar-refractivity contribution in [2.75, 3.05) is 18.2 Å². The Balaban J connectivity index is 2.10. The monoisotopic (exact) mass is 441 g/mol. The van der Waals surface area contributed by atoms with Crippen molar-refractivity contribution < 1.29 is 14.3 Å². The van der Waals surface area contributed by atoms with Crippen molar-refractivity contribution in [3.63, 3.8) is 0 Å². The Morgan fingerprint density at radius 2 is 1.96 bits per heavy atom. The molecule has 2 aromatic rings. The number of carbonyl (C=O) groups excluding carboxylic acids is 2. The molecule has 0 aliphatic carbocycles. The first-order valence-electron chi connectivity index (χ1n) is 6.87. The molecule has 1 amide bonds. The number of anilines is 1. The molecule has 0 bridgehead atoms. The highest BCUT2D eigenvalue weighted by Crippen LogP contribution is 2.27. The van der Waals surface area contributed by atoms with E-state index in [0.717, 1.165) is 8.47 Å². The van der Waals surface area contributed by atoms with Crippen LogP contribution in [0.1, 0.15) is 17.3 Å². The molecule has 23 heavy (non-hydrogen) atoms. The molecule has 0 atom stereocenters. The zero-order valence-electron chi connectivity index (χ0n) is 12.8. The molecule has 0 heterocycles. The van der Waals surface area contributed by atoms with Crippen LogP contribution in [0.4, 0.5) is 5.69 Å². The minimum Gasteiger partial charge on any atom is -0.484 e. The van der Waals surface area contributed by atoms with Crippen molar-refractivity contribution in [1.82, 2.24) is 0 Å². The minimum atomic E-state index is -0.138. The molecule has 0 fully saturated rings. The molecule has 2 aromatic carbocycles. The third-order valence-corrected chi connectivity index (χ3v) is 4.70. The van der Waals surface area contributed by atoms with Gasteiger partial charge in [-0.1, -0.05) is 12.1 Å². The van der Waals surface area contributed by atoms with E-state index in [4.69, 9.17) is 4.74 Å². The van der Waals surface area contributed by atoms with E-state index in [2.05, 4.69) is 27.9 Å². The highest BCUT2D eigenvalue weighted by molar-refractivity contribution is 14.1. The summed E-state index contributed by atoms with van der Waals surface area (Å²) in [5.41, 5.74) is 1.27. The van der Waals surface area contributed by atoms with E-state index in [-0.39, 0.29) is 18.3 Å². The van der Waals surface area contributed by atoms with Gasteiger partial charge >= 0.3 is 0 Å². The average Bonchev–Trinajstić information content (AvgIpc) is 2.53. The summed E-state index contributed by atoms with van der Waals surface area (Å²) in [6.07, 6.45) is 1.90. The van der Waals surface area contributed by atoms with E-state index in [1.807, 2.05) is 30.5 Å². The number of Topliss-reactive ketones (excluding diaryl/α,β-unsaturated/α-hetero) is 1. The van der Waals surface area contributed by atoms with Gasteiger partial charge in [-0.3, -0.25) is 9.59 Å². The molecule has 0 saturated heterocycles. The molecular formula is C17H16INO3S. The van der Waals surface area contributed by atoms with Gasteiger partial charge in [0.15, 0.2) is 12.4 Å². The van der Waals surface area contributed by atoms with Crippen LogP contribution in [0, 0.1) is 3.57 Å². The molecule has 2 rings (SSSR count). The van der Waals surface area contributed by atoms with Gasteiger partial charge in [-0.2, -0.15) is 0 Å². The van der Waals surface area contributed by atoms with Gasteiger partial charge in [0.1, 0.15) is 5.75 Å². The van der Waals surface area contributed by atoms with E-state index in [1.165, 1.54) is 18.7 Å². The zero-order chi connectivity index (χ0) is 16.8. The second-order valence-electron chi connectivity index (χ2n) is 4.74. The second-order valence-corrected chi connectivity index (χ2v) is 6.75. The number of ketones is 1. The lowest BCUT2D eigenvalue weighted by Crippen LogP contribution is -2.13. The maximum Gasteiger partial charge on any atom is 0.221 e. The van der Waals surface area contributed by atoms with E-state index in [0.29, 0.717) is 17.0 Å². The third kappa shape index (κ3) is 4.97. The topological polar surface area (TPSA) is 55.4 Å². The van der Waals surface area contributed by atoms with Gasteiger partial charge in [-0.25, -0.2) is 0 Å². The highest BCUT2D eigenvalue weighted by atomic mass is 127. The van der Waals surface area contributed by atoms with Crippen LogP contribution in [-0.4, -0.2) is 24.6 Å². The first kappa shape index (κ1) is 17.8. The molecule has 4 nitrogen and oxygen atoms in total. The normalized spacial score (nSPS) is 10.2. The fourth-order valence-corrected chi connectivity index (χ4v) is 3.07. The first-order valence-corrected chi connectivity index (χ1v) is 9.17. The fraction of sp³-hybridized carbons (Fsp3) is 0.176. The van der Waals surface area contributed by atoms with Crippen molar-refractivity contribution >= 4 is 51.7 Å². The van der Waals surface area contributed by atoms with E-state index in [1.54, 1.807) is 18.2 Å². The van der Waals surface area contributed by atoms with Crippen LogP contribution < -0.4 is 10.1 Å².